The summed E-state index contributed by atoms with van der Waals surface area (Å²) in [6.07, 6.45) is 0. The molecule has 1 aromatic carbocycles. The molecule has 0 fully saturated rings. The van der Waals surface area contributed by atoms with Crippen LogP contribution >= 0.6 is 12.2 Å². The number of anilines is 1. The van der Waals surface area contributed by atoms with Crippen LogP contribution in [0.5, 0.6) is 0 Å². The summed E-state index contributed by atoms with van der Waals surface area (Å²) in [4.78, 5) is -1.45. The molecular weight excluding hydrogens is 327 g/mol. The molecule has 0 atom stereocenters. The van der Waals surface area contributed by atoms with Crippen LogP contribution in [0.4, 0.5) is 5.69 Å². The van der Waals surface area contributed by atoms with Crippen LogP contribution in [0.25, 0.3) is 0 Å². The fraction of sp³-hybridized carbons (Fsp3) is 0. The average molecular weight is 336 g/mol. The van der Waals surface area contributed by atoms with Gasteiger partial charge in [-0.2, -0.15) is 16.8 Å². The molecule has 0 spiro atoms. The SMILES string of the molecule is NC(=S)Nc1cc(S(=O)(=O)O)cc(S(=O)(=O)O)c1.[H-].[Na+]. The van der Waals surface area contributed by atoms with E-state index in [2.05, 4.69) is 17.5 Å². The predicted octanol–water partition coefficient (Wildman–Crippen LogP) is -3.05. The maximum absolute atomic E-state index is 10.9. The Balaban J connectivity index is 0. The number of nitrogens with two attached hydrogens (primary N) is 1. The Hall–Kier alpha value is -0.270. The molecule has 8 nitrogen and oxygen atoms in total. The van der Waals surface area contributed by atoms with E-state index >= 15 is 0 Å². The second-order valence-electron chi connectivity index (χ2n) is 3.13. The van der Waals surface area contributed by atoms with Gasteiger partial charge in [0.1, 0.15) is 0 Å². The molecule has 0 amide bonds. The van der Waals surface area contributed by atoms with E-state index in [9.17, 15) is 16.8 Å². The monoisotopic (exact) mass is 336 g/mol. The maximum atomic E-state index is 10.9. The summed E-state index contributed by atoms with van der Waals surface area (Å²) in [6.45, 7) is 0. The Morgan fingerprint density at radius 3 is 1.74 bits per heavy atom. The van der Waals surface area contributed by atoms with Crippen molar-refractivity contribution in [1.29, 1.82) is 0 Å². The summed E-state index contributed by atoms with van der Waals surface area (Å²) < 4.78 is 61.4. The van der Waals surface area contributed by atoms with E-state index in [1.807, 2.05) is 0 Å². The van der Waals surface area contributed by atoms with Gasteiger partial charge >= 0.3 is 29.6 Å². The zero-order valence-electron chi connectivity index (χ0n) is 10.6. The van der Waals surface area contributed by atoms with Gasteiger partial charge in [0.15, 0.2) is 5.11 Å². The number of rotatable bonds is 3. The Morgan fingerprint density at radius 2 is 1.47 bits per heavy atom. The second-order valence-corrected chi connectivity index (χ2v) is 6.42. The molecule has 0 saturated heterocycles. The van der Waals surface area contributed by atoms with Gasteiger partial charge < -0.3 is 12.5 Å². The van der Waals surface area contributed by atoms with Crippen molar-refractivity contribution in [3.05, 3.63) is 18.2 Å². The van der Waals surface area contributed by atoms with E-state index in [1.54, 1.807) is 0 Å². The number of hydrogen-bond donors (Lipinski definition) is 4. The molecule has 0 aliphatic carbocycles. The van der Waals surface area contributed by atoms with E-state index in [0.717, 1.165) is 12.1 Å². The standard InChI is InChI=1S/C7H8N2O6S3.Na.H/c8-7(16)9-4-1-5(17(10,11)12)3-6(2-4)18(13,14)15;;/h1-3H,(H3,8,9,16)(H,10,11,12)(H,13,14,15);;/q;+1;-1. The van der Waals surface area contributed by atoms with Crippen molar-refractivity contribution in [2.45, 2.75) is 9.79 Å². The molecule has 5 N–H and O–H groups in total. The van der Waals surface area contributed by atoms with Gasteiger partial charge in [-0.15, -0.1) is 0 Å². The van der Waals surface area contributed by atoms with Crippen LogP contribution in [0.3, 0.4) is 0 Å². The summed E-state index contributed by atoms with van der Waals surface area (Å²) >= 11 is 4.49. The zero-order chi connectivity index (χ0) is 14.1. The fourth-order valence-electron chi connectivity index (χ4n) is 1.08. The van der Waals surface area contributed by atoms with Gasteiger partial charge in [0.25, 0.3) is 20.2 Å². The van der Waals surface area contributed by atoms with Crippen LogP contribution < -0.4 is 40.6 Å². The minimum atomic E-state index is -4.64. The van der Waals surface area contributed by atoms with Crippen molar-refractivity contribution in [1.82, 2.24) is 0 Å². The normalized spacial score (nSPS) is 11.5. The first kappa shape index (κ1) is 18.7. The number of hydrogen-bond acceptors (Lipinski definition) is 5. The van der Waals surface area contributed by atoms with E-state index in [1.165, 1.54) is 0 Å². The second kappa shape index (κ2) is 6.45. The van der Waals surface area contributed by atoms with Crippen molar-refractivity contribution in [2.24, 2.45) is 5.73 Å². The third-order valence-electron chi connectivity index (χ3n) is 1.74. The van der Waals surface area contributed by atoms with Gasteiger partial charge in [0, 0.05) is 5.69 Å². The first-order valence-corrected chi connectivity index (χ1v) is 7.45. The Morgan fingerprint density at radius 1 is 1.11 bits per heavy atom. The minimum absolute atomic E-state index is 0. The van der Waals surface area contributed by atoms with Crippen LogP contribution in [0, 0.1) is 0 Å². The molecular formula is C7H9N2NaO6S3. The number of nitrogens with one attached hydrogen (secondary N) is 1. The van der Waals surface area contributed by atoms with Crippen molar-refractivity contribution < 1.29 is 56.9 Å². The van der Waals surface area contributed by atoms with Gasteiger partial charge in [-0.25, -0.2) is 0 Å². The van der Waals surface area contributed by atoms with Crippen molar-refractivity contribution in [3.63, 3.8) is 0 Å². The molecule has 0 aliphatic rings. The van der Waals surface area contributed by atoms with E-state index < -0.39 is 30.0 Å². The Labute approximate surface area is 138 Å². The molecule has 0 aliphatic heterocycles. The van der Waals surface area contributed by atoms with Crippen molar-refractivity contribution >= 4 is 43.3 Å². The van der Waals surface area contributed by atoms with Crippen molar-refractivity contribution in [3.8, 4) is 0 Å². The van der Waals surface area contributed by atoms with Gasteiger partial charge in [-0.05, 0) is 30.4 Å². The van der Waals surface area contributed by atoms with E-state index in [-0.39, 0.29) is 41.8 Å². The molecule has 0 heterocycles. The average Bonchev–Trinajstić information content (AvgIpc) is 2.13. The molecule has 19 heavy (non-hydrogen) atoms. The molecule has 102 valence electrons. The van der Waals surface area contributed by atoms with Crippen LogP contribution in [-0.4, -0.2) is 31.1 Å². The molecule has 0 bridgehead atoms. The topological polar surface area (TPSA) is 147 Å². The van der Waals surface area contributed by atoms with Crippen molar-refractivity contribution in [2.75, 3.05) is 5.32 Å². The third-order valence-corrected chi connectivity index (χ3v) is 3.51. The minimum Gasteiger partial charge on any atom is -1.00 e. The van der Waals surface area contributed by atoms with Crippen LogP contribution in [0.2, 0.25) is 0 Å². The Bertz CT molecular complexity index is 655. The smallest absolute Gasteiger partial charge is 1.00 e. The largest absolute Gasteiger partial charge is 1.00 e. The third kappa shape index (κ3) is 5.71. The molecule has 1 aromatic rings. The Kier molecular flexibility index (Phi) is 6.36. The predicted molar refractivity (Wildman–Crippen MR) is 67.6 cm³/mol. The number of benzene rings is 1. The summed E-state index contributed by atoms with van der Waals surface area (Å²) in [6, 6.07) is 2.40. The quantitative estimate of drug-likeness (QED) is 0.257. The van der Waals surface area contributed by atoms with Crippen LogP contribution in [0.1, 0.15) is 1.43 Å². The molecule has 1 rings (SSSR count). The zero-order valence-corrected chi connectivity index (χ0v) is 14.0. The molecule has 0 radical (unpaired) electrons. The van der Waals surface area contributed by atoms with Gasteiger partial charge in [0.05, 0.1) is 9.79 Å². The maximum Gasteiger partial charge on any atom is 1.00 e. The fourth-order valence-corrected chi connectivity index (χ4v) is 2.38. The molecule has 0 saturated carbocycles. The summed E-state index contributed by atoms with van der Waals surface area (Å²) in [5.41, 5.74) is 5.03. The summed E-state index contributed by atoms with van der Waals surface area (Å²) in [5, 5.41) is 2.04. The molecule has 12 heteroatoms. The van der Waals surface area contributed by atoms with Crippen LogP contribution in [0.15, 0.2) is 28.0 Å². The molecule has 0 aromatic heterocycles. The number of thiocarbonyl (C=S) groups is 1. The van der Waals surface area contributed by atoms with E-state index in [0.29, 0.717) is 6.07 Å². The van der Waals surface area contributed by atoms with Crippen LogP contribution in [-0.2, 0) is 20.2 Å². The first-order chi connectivity index (χ1) is 8.00. The summed E-state index contributed by atoms with van der Waals surface area (Å²) in [7, 11) is -9.29. The van der Waals surface area contributed by atoms with Gasteiger partial charge in [0.2, 0.25) is 0 Å². The molecule has 0 unspecified atom stereocenters. The van der Waals surface area contributed by atoms with Gasteiger partial charge in [-0.3, -0.25) is 9.11 Å². The van der Waals surface area contributed by atoms with E-state index in [4.69, 9.17) is 14.8 Å². The summed E-state index contributed by atoms with van der Waals surface area (Å²) in [5.74, 6) is 0. The van der Waals surface area contributed by atoms with Gasteiger partial charge in [-0.1, -0.05) is 0 Å². The first-order valence-electron chi connectivity index (χ1n) is 4.16.